The quantitative estimate of drug-likeness (QED) is 0.565. The van der Waals surface area contributed by atoms with Crippen molar-refractivity contribution in [1.29, 1.82) is 0 Å². The Labute approximate surface area is 171 Å². The summed E-state index contributed by atoms with van der Waals surface area (Å²) in [5, 5.41) is 2.83. The lowest BCUT2D eigenvalue weighted by molar-refractivity contribution is -0.121. The fourth-order valence-corrected chi connectivity index (χ4v) is 3.97. The molecule has 1 N–H and O–H groups in total. The highest BCUT2D eigenvalue weighted by Gasteiger charge is 2.20. The lowest BCUT2D eigenvalue weighted by atomic mass is 10.1. The minimum atomic E-state index is -3.65. The largest absolute Gasteiger partial charge is 0.496 e. The number of carbonyl (C=O) groups excluding carboxylic acids is 1. The van der Waals surface area contributed by atoms with Crippen LogP contribution in [0.15, 0.2) is 48.5 Å². The van der Waals surface area contributed by atoms with Gasteiger partial charge in [-0.1, -0.05) is 30.3 Å². The molecule has 29 heavy (non-hydrogen) atoms. The fourth-order valence-electron chi connectivity index (χ4n) is 3.01. The fraction of sp³-hybridized carbons (Fsp3) is 0.381. The first-order chi connectivity index (χ1) is 13.8. The Morgan fingerprint density at radius 1 is 1.10 bits per heavy atom. The molecule has 1 amide bonds. The van der Waals surface area contributed by atoms with Crippen LogP contribution in [0.2, 0.25) is 0 Å². The van der Waals surface area contributed by atoms with E-state index in [0.717, 1.165) is 34.7 Å². The van der Waals surface area contributed by atoms with Crippen molar-refractivity contribution >= 4 is 21.6 Å². The molecule has 0 saturated heterocycles. The number of para-hydroxylation sites is 2. The van der Waals surface area contributed by atoms with E-state index in [9.17, 15) is 17.6 Å². The first-order valence-electron chi connectivity index (χ1n) is 9.43. The SMILES string of the molecule is COc1ccccc1CCCNC(=O)CCCN(c1ccccc1F)S(C)(=O)=O. The molecule has 0 aliphatic rings. The van der Waals surface area contributed by atoms with Gasteiger partial charge in [0, 0.05) is 19.5 Å². The molecule has 0 unspecified atom stereocenters. The first kappa shape index (κ1) is 22.7. The second kappa shape index (κ2) is 10.8. The van der Waals surface area contributed by atoms with E-state index in [0.29, 0.717) is 13.0 Å². The number of benzene rings is 2. The molecular weight excluding hydrogens is 395 g/mol. The molecule has 0 spiro atoms. The Balaban J connectivity index is 1.77. The summed E-state index contributed by atoms with van der Waals surface area (Å²) in [5.74, 6) is 0.0542. The maximum Gasteiger partial charge on any atom is 0.232 e. The van der Waals surface area contributed by atoms with Crippen molar-refractivity contribution in [3.8, 4) is 5.75 Å². The van der Waals surface area contributed by atoms with Crippen molar-refractivity contribution in [2.75, 3.05) is 30.8 Å². The number of sulfonamides is 1. The van der Waals surface area contributed by atoms with Gasteiger partial charge in [-0.05, 0) is 43.0 Å². The van der Waals surface area contributed by atoms with Crippen LogP contribution in [0, 0.1) is 5.82 Å². The molecule has 0 bridgehead atoms. The molecule has 0 saturated carbocycles. The zero-order valence-corrected chi connectivity index (χ0v) is 17.5. The van der Waals surface area contributed by atoms with E-state index in [2.05, 4.69) is 5.32 Å². The maximum atomic E-state index is 14.0. The standard InChI is InChI=1S/C21H27FN2O4S/c1-28-20-13-6-3-9-17(20)10-7-15-23-21(25)14-8-16-24(29(2,26)27)19-12-5-4-11-18(19)22/h3-6,9,11-13H,7-8,10,14-16H2,1-2H3,(H,23,25). The number of nitrogens with zero attached hydrogens (tertiary/aromatic N) is 1. The Morgan fingerprint density at radius 2 is 1.79 bits per heavy atom. The van der Waals surface area contributed by atoms with Gasteiger partial charge in [0.05, 0.1) is 19.1 Å². The highest BCUT2D eigenvalue weighted by Crippen LogP contribution is 2.22. The Morgan fingerprint density at radius 3 is 2.48 bits per heavy atom. The number of halogens is 1. The second-order valence-electron chi connectivity index (χ2n) is 6.66. The number of ether oxygens (including phenoxy) is 1. The van der Waals surface area contributed by atoms with Crippen LogP contribution in [0.25, 0.3) is 0 Å². The molecule has 8 heteroatoms. The smallest absolute Gasteiger partial charge is 0.232 e. The molecule has 0 heterocycles. The van der Waals surface area contributed by atoms with Gasteiger partial charge in [0.2, 0.25) is 15.9 Å². The maximum absolute atomic E-state index is 14.0. The van der Waals surface area contributed by atoms with Crippen LogP contribution < -0.4 is 14.4 Å². The summed E-state index contributed by atoms with van der Waals surface area (Å²) < 4.78 is 44.3. The molecule has 2 rings (SSSR count). The third kappa shape index (κ3) is 7.05. The lowest BCUT2D eigenvalue weighted by Gasteiger charge is -2.22. The minimum Gasteiger partial charge on any atom is -0.496 e. The number of methoxy groups -OCH3 is 1. The van der Waals surface area contributed by atoms with Crippen LogP contribution in [-0.4, -0.2) is 40.8 Å². The molecule has 0 fully saturated rings. The number of anilines is 1. The molecule has 0 aromatic heterocycles. The molecule has 0 aliphatic heterocycles. The van der Waals surface area contributed by atoms with Crippen molar-refractivity contribution in [3.05, 3.63) is 59.9 Å². The number of aryl methyl sites for hydroxylation is 1. The van der Waals surface area contributed by atoms with Crippen LogP contribution in [-0.2, 0) is 21.2 Å². The van der Waals surface area contributed by atoms with Crippen molar-refractivity contribution in [2.45, 2.75) is 25.7 Å². The number of hydrogen-bond acceptors (Lipinski definition) is 4. The van der Waals surface area contributed by atoms with E-state index in [-0.39, 0.29) is 24.6 Å². The number of hydrogen-bond donors (Lipinski definition) is 1. The third-order valence-corrected chi connectivity index (χ3v) is 5.60. The average Bonchev–Trinajstić information content (AvgIpc) is 2.69. The van der Waals surface area contributed by atoms with Gasteiger partial charge in [-0.25, -0.2) is 12.8 Å². The summed E-state index contributed by atoms with van der Waals surface area (Å²) in [6.07, 6.45) is 3.02. The number of rotatable bonds is 11. The van der Waals surface area contributed by atoms with Gasteiger partial charge >= 0.3 is 0 Å². The van der Waals surface area contributed by atoms with E-state index in [4.69, 9.17) is 4.74 Å². The molecule has 2 aromatic carbocycles. The molecule has 0 radical (unpaired) electrons. The summed E-state index contributed by atoms with van der Waals surface area (Å²) in [6.45, 7) is 0.550. The predicted molar refractivity (Wildman–Crippen MR) is 112 cm³/mol. The predicted octanol–water partition coefficient (Wildman–Crippen LogP) is 3.13. The van der Waals surface area contributed by atoms with Gasteiger partial charge in [0.25, 0.3) is 0 Å². The Bertz CT molecular complexity index is 918. The normalized spacial score (nSPS) is 11.1. The third-order valence-electron chi connectivity index (χ3n) is 4.42. The summed E-state index contributed by atoms with van der Waals surface area (Å²) in [7, 11) is -2.02. The van der Waals surface area contributed by atoms with Gasteiger partial charge in [0.1, 0.15) is 11.6 Å². The van der Waals surface area contributed by atoms with Crippen LogP contribution >= 0.6 is 0 Å². The highest BCUT2D eigenvalue weighted by molar-refractivity contribution is 7.92. The first-order valence-corrected chi connectivity index (χ1v) is 11.3. The zero-order chi connectivity index (χ0) is 21.3. The van der Waals surface area contributed by atoms with Crippen LogP contribution in [0.4, 0.5) is 10.1 Å². The van der Waals surface area contributed by atoms with Gasteiger partial charge in [0.15, 0.2) is 0 Å². The van der Waals surface area contributed by atoms with Gasteiger partial charge in [-0.2, -0.15) is 0 Å². The van der Waals surface area contributed by atoms with Crippen molar-refractivity contribution in [3.63, 3.8) is 0 Å². The van der Waals surface area contributed by atoms with E-state index in [1.54, 1.807) is 13.2 Å². The van der Waals surface area contributed by atoms with Gasteiger partial charge < -0.3 is 10.1 Å². The number of carbonyl (C=O) groups is 1. The summed E-state index contributed by atoms with van der Waals surface area (Å²) in [6, 6.07) is 13.4. The molecule has 2 aromatic rings. The zero-order valence-electron chi connectivity index (χ0n) is 16.7. The van der Waals surface area contributed by atoms with E-state index in [1.165, 1.54) is 18.2 Å². The average molecular weight is 423 g/mol. The summed E-state index contributed by atoms with van der Waals surface area (Å²) in [4.78, 5) is 12.0. The van der Waals surface area contributed by atoms with Crippen molar-refractivity contribution < 1.29 is 22.3 Å². The second-order valence-corrected chi connectivity index (χ2v) is 8.56. The highest BCUT2D eigenvalue weighted by atomic mass is 32.2. The number of amides is 1. The van der Waals surface area contributed by atoms with Gasteiger partial charge in [-0.3, -0.25) is 9.10 Å². The molecule has 158 valence electrons. The lowest BCUT2D eigenvalue weighted by Crippen LogP contribution is -2.33. The van der Waals surface area contributed by atoms with Gasteiger partial charge in [-0.15, -0.1) is 0 Å². The number of nitrogens with one attached hydrogen (secondary N) is 1. The van der Waals surface area contributed by atoms with E-state index in [1.807, 2.05) is 24.3 Å². The summed E-state index contributed by atoms with van der Waals surface area (Å²) >= 11 is 0. The summed E-state index contributed by atoms with van der Waals surface area (Å²) in [5.41, 5.74) is 1.07. The molecule has 0 aliphatic carbocycles. The Hall–Kier alpha value is -2.61. The van der Waals surface area contributed by atoms with Crippen molar-refractivity contribution in [1.82, 2.24) is 5.32 Å². The van der Waals surface area contributed by atoms with Crippen molar-refractivity contribution in [2.24, 2.45) is 0 Å². The topological polar surface area (TPSA) is 75.7 Å². The Kier molecular flexibility index (Phi) is 8.45. The molecular formula is C21H27FN2O4S. The van der Waals surface area contributed by atoms with E-state index >= 15 is 0 Å². The van der Waals surface area contributed by atoms with Crippen LogP contribution in [0.3, 0.4) is 0 Å². The minimum absolute atomic E-state index is 0.00721. The van der Waals surface area contributed by atoms with Crippen LogP contribution in [0.5, 0.6) is 5.75 Å². The van der Waals surface area contributed by atoms with Crippen LogP contribution in [0.1, 0.15) is 24.8 Å². The molecule has 0 atom stereocenters. The van der Waals surface area contributed by atoms with E-state index < -0.39 is 15.8 Å². The molecule has 6 nitrogen and oxygen atoms in total. The monoisotopic (exact) mass is 422 g/mol.